The quantitative estimate of drug-likeness (QED) is 0.626. The van der Waals surface area contributed by atoms with Gasteiger partial charge in [-0.2, -0.15) is 0 Å². The number of amides is 2. The maximum absolute atomic E-state index is 12.1. The van der Waals surface area contributed by atoms with E-state index in [9.17, 15) is 9.59 Å². The molecule has 0 spiro atoms. The first kappa shape index (κ1) is 18.9. The molecule has 2 rings (SSSR count). The molecule has 2 atom stereocenters. The number of hydrogen-bond donors (Lipinski definition) is 3. The number of aryl methyl sites for hydroxylation is 1. The minimum atomic E-state index is -0.107. The highest BCUT2D eigenvalue weighted by molar-refractivity contribution is 9.10. The summed E-state index contributed by atoms with van der Waals surface area (Å²) < 4.78 is 6.45. The summed E-state index contributed by atoms with van der Waals surface area (Å²) in [5.74, 6) is -0.166. The van der Waals surface area contributed by atoms with Crippen molar-refractivity contribution in [3.63, 3.8) is 0 Å². The Kier molecular flexibility index (Phi) is 7.20. The number of rotatable bonds is 7. The minimum Gasteiger partial charge on any atom is -0.376 e. The zero-order valence-electron chi connectivity index (χ0n) is 14.2. The molecule has 0 aromatic heterocycles. The predicted molar refractivity (Wildman–Crippen MR) is 96.1 cm³/mol. The van der Waals surface area contributed by atoms with Crippen LogP contribution in [0.3, 0.4) is 0 Å². The number of carbonyl (C=O) groups excluding carboxylic acids is 2. The Balaban J connectivity index is 1.71. The summed E-state index contributed by atoms with van der Waals surface area (Å²) in [7, 11) is 1.83. The van der Waals surface area contributed by atoms with Crippen LogP contribution in [0.15, 0.2) is 22.7 Å². The van der Waals surface area contributed by atoms with E-state index in [1.807, 2.05) is 32.2 Å². The number of nitrogens with one attached hydrogen (secondary N) is 3. The highest BCUT2D eigenvalue weighted by atomic mass is 79.9. The molecule has 3 N–H and O–H groups in total. The third kappa shape index (κ3) is 6.22. The van der Waals surface area contributed by atoms with Crippen LogP contribution in [0.2, 0.25) is 0 Å². The fourth-order valence-corrected chi connectivity index (χ4v) is 3.14. The maximum Gasteiger partial charge on any atom is 0.279 e. The van der Waals surface area contributed by atoms with Gasteiger partial charge in [-0.3, -0.25) is 9.59 Å². The van der Waals surface area contributed by atoms with Gasteiger partial charge in [-0.05, 0) is 43.5 Å². The number of hydrogen-bond acceptors (Lipinski definition) is 3. The van der Waals surface area contributed by atoms with Crippen LogP contribution in [0.25, 0.3) is 0 Å². The van der Waals surface area contributed by atoms with Crippen molar-refractivity contribution in [1.82, 2.24) is 5.32 Å². The fourth-order valence-electron chi connectivity index (χ4n) is 2.67. The van der Waals surface area contributed by atoms with Crippen LogP contribution in [0, 0.1) is 6.92 Å². The third-order valence-corrected chi connectivity index (χ3v) is 4.43. The summed E-state index contributed by atoms with van der Waals surface area (Å²) in [5.41, 5.74) is 1.78. The Morgan fingerprint density at radius 1 is 1.33 bits per heavy atom. The number of quaternary nitrogens is 1. The van der Waals surface area contributed by atoms with Crippen molar-refractivity contribution in [3.05, 3.63) is 28.2 Å². The Morgan fingerprint density at radius 2 is 2.08 bits per heavy atom. The van der Waals surface area contributed by atoms with Gasteiger partial charge in [0.1, 0.15) is 0 Å². The number of ether oxygens (including phenoxy) is 1. The molecule has 1 unspecified atom stereocenters. The predicted octanol–water partition coefficient (Wildman–Crippen LogP) is 0.506. The monoisotopic (exact) mass is 398 g/mol. The number of carbonyl (C=O) groups is 2. The second-order valence-corrected chi connectivity index (χ2v) is 7.17. The molecule has 7 heteroatoms. The number of anilines is 1. The van der Waals surface area contributed by atoms with E-state index in [2.05, 4.69) is 26.6 Å². The molecule has 0 bridgehead atoms. The van der Waals surface area contributed by atoms with E-state index in [1.165, 1.54) is 0 Å². The first-order chi connectivity index (χ1) is 11.4. The van der Waals surface area contributed by atoms with Crippen LogP contribution in [0.5, 0.6) is 0 Å². The lowest BCUT2D eigenvalue weighted by Gasteiger charge is -2.15. The van der Waals surface area contributed by atoms with Crippen LogP contribution >= 0.6 is 15.9 Å². The van der Waals surface area contributed by atoms with Gasteiger partial charge < -0.3 is 20.3 Å². The van der Waals surface area contributed by atoms with E-state index < -0.39 is 0 Å². The molecule has 2 amide bonds. The van der Waals surface area contributed by atoms with Crippen LogP contribution in [0.1, 0.15) is 18.4 Å². The van der Waals surface area contributed by atoms with Gasteiger partial charge in [0.2, 0.25) is 0 Å². The molecule has 0 saturated carbocycles. The summed E-state index contributed by atoms with van der Waals surface area (Å²) in [4.78, 5) is 24.9. The van der Waals surface area contributed by atoms with Crippen molar-refractivity contribution in [2.45, 2.75) is 25.9 Å². The highest BCUT2D eigenvalue weighted by Crippen LogP contribution is 2.19. The maximum atomic E-state index is 12.1. The lowest BCUT2D eigenvalue weighted by molar-refractivity contribution is -0.862. The summed E-state index contributed by atoms with van der Waals surface area (Å²) in [6.45, 7) is 3.77. The van der Waals surface area contributed by atoms with Crippen molar-refractivity contribution in [2.24, 2.45) is 0 Å². The first-order valence-electron chi connectivity index (χ1n) is 8.19. The van der Waals surface area contributed by atoms with Crippen molar-refractivity contribution in [1.29, 1.82) is 0 Å². The van der Waals surface area contributed by atoms with Crippen LogP contribution in [-0.2, 0) is 14.3 Å². The first-order valence-corrected chi connectivity index (χ1v) is 8.99. The zero-order chi connectivity index (χ0) is 17.5. The Hall–Kier alpha value is -1.44. The molecule has 1 fully saturated rings. The third-order valence-electron chi connectivity index (χ3n) is 3.94. The van der Waals surface area contributed by atoms with Crippen LogP contribution in [0.4, 0.5) is 5.69 Å². The van der Waals surface area contributed by atoms with Gasteiger partial charge in [-0.25, -0.2) is 0 Å². The molecule has 132 valence electrons. The summed E-state index contributed by atoms with van der Waals surface area (Å²) >= 11 is 3.40. The van der Waals surface area contributed by atoms with E-state index >= 15 is 0 Å². The van der Waals surface area contributed by atoms with Gasteiger partial charge in [0.05, 0.1) is 13.2 Å². The normalized spacial score (nSPS) is 18.2. The second kappa shape index (κ2) is 9.15. The van der Waals surface area contributed by atoms with Gasteiger partial charge in [0.15, 0.2) is 13.1 Å². The number of benzene rings is 1. The number of likely N-dealkylation sites (N-methyl/N-ethyl adjacent to an activating group) is 1. The molecular formula is C17H25BrN3O3+. The molecule has 0 radical (unpaired) electrons. The smallest absolute Gasteiger partial charge is 0.279 e. The topological polar surface area (TPSA) is 71.9 Å². The van der Waals surface area contributed by atoms with Crippen LogP contribution < -0.4 is 15.5 Å². The van der Waals surface area contributed by atoms with Gasteiger partial charge in [0.25, 0.3) is 11.8 Å². The Labute approximate surface area is 151 Å². The molecule has 6 nitrogen and oxygen atoms in total. The van der Waals surface area contributed by atoms with E-state index in [0.717, 1.165) is 40.1 Å². The average molecular weight is 399 g/mol. The van der Waals surface area contributed by atoms with E-state index in [4.69, 9.17) is 4.74 Å². The fraction of sp³-hybridized carbons (Fsp3) is 0.529. The molecular weight excluding hydrogens is 374 g/mol. The average Bonchev–Trinajstić information content (AvgIpc) is 3.01. The van der Waals surface area contributed by atoms with Gasteiger partial charge in [-0.1, -0.05) is 15.9 Å². The molecule has 1 aromatic rings. The molecule has 1 heterocycles. The van der Waals surface area contributed by atoms with Crippen LogP contribution in [-0.4, -0.2) is 51.2 Å². The molecule has 24 heavy (non-hydrogen) atoms. The van der Waals surface area contributed by atoms with Gasteiger partial charge in [-0.15, -0.1) is 0 Å². The number of halogens is 1. The molecule has 1 aliphatic rings. The van der Waals surface area contributed by atoms with E-state index in [-0.39, 0.29) is 31.0 Å². The SMILES string of the molecule is Cc1cc(Br)ccc1NC(=O)C[NH+](C)CC(=O)NC[C@@H]1CCCO1. The molecule has 0 aliphatic carbocycles. The standard InChI is InChI=1S/C17H24BrN3O3/c1-12-8-13(18)5-6-15(12)20-17(23)11-21(2)10-16(22)19-9-14-4-3-7-24-14/h5-6,8,14H,3-4,7,9-11H2,1-2H3,(H,19,22)(H,20,23)/p+1/t14-/m0/s1. The van der Waals surface area contributed by atoms with Crippen molar-refractivity contribution >= 4 is 33.4 Å². The Morgan fingerprint density at radius 3 is 2.75 bits per heavy atom. The van der Waals surface area contributed by atoms with E-state index in [0.29, 0.717) is 6.54 Å². The summed E-state index contributed by atoms with van der Waals surface area (Å²) in [6.07, 6.45) is 2.19. The van der Waals surface area contributed by atoms with Gasteiger partial charge in [0, 0.05) is 23.3 Å². The van der Waals surface area contributed by atoms with Crippen molar-refractivity contribution in [3.8, 4) is 0 Å². The van der Waals surface area contributed by atoms with Crippen molar-refractivity contribution < 1.29 is 19.2 Å². The lowest BCUT2D eigenvalue weighted by atomic mass is 10.2. The largest absolute Gasteiger partial charge is 0.376 e. The van der Waals surface area contributed by atoms with E-state index in [1.54, 1.807) is 0 Å². The zero-order valence-corrected chi connectivity index (χ0v) is 15.7. The lowest BCUT2D eigenvalue weighted by Crippen LogP contribution is -3.11. The molecule has 1 aliphatic heterocycles. The minimum absolute atomic E-state index is 0.0596. The molecule has 1 aromatic carbocycles. The summed E-state index contributed by atoms with van der Waals surface area (Å²) in [5, 5.41) is 5.76. The van der Waals surface area contributed by atoms with Gasteiger partial charge >= 0.3 is 0 Å². The Bertz CT molecular complexity index is 588. The summed E-state index contributed by atoms with van der Waals surface area (Å²) in [6, 6.07) is 5.70. The highest BCUT2D eigenvalue weighted by Gasteiger charge is 2.18. The molecule has 1 saturated heterocycles. The second-order valence-electron chi connectivity index (χ2n) is 6.26. The van der Waals surface area contributed by atoms with Crippen molar-refractivity contribution in [2.75, 3.05) is 38.6 Å².